The molecule has 0 aromatic carbocycles. The molecule has 0 aliphatic carbocycles. The number of nitrogens with zero attached hydrogens (tertiary/aromatic N) is 1. The highest BCUT2D eigenvalue weighted by atomic mass is 19.3. The summed E-state index contributed by atoms with van der Waals surface area (Å²) in [5.41, 5.74) is 3.03. The highest BCUT2D eigenvalue weighted by Gasteiger charge is 2.14. The van der Waals surface area contributed by atoms with Crippen molar-refractivity contribution >= 4 is 5.69 Å². The SMILES string of the molecule is N#Cc1[nH]c(=O)c(N)cc1C(F)F. The molecule has 68 valence electrons. The van der Waals surface area contributed by atoms with E-state index in [1.165, 1.54) is 6.07 Å². The molecule has 0 amide bonds. The van der Waals surface area contributed by atoms with Gasteiger partial charge in [0.25, 0.3) is 12.0 Å². The Morgan fingerprint density at radius 2 is 2.23 bits per heavy atom. The zero-order valence-electron chi connectivity index (χ0n) is 6.34. The Kier molecular flexibility index (Phi) is 2.28. The van der Waals surface area contributed by atoms with E-state index in [4.69, 9.17) is 11.0 Å². The van der Waals surface area contributed by atoms with Crippen LogP contribution in [0.1, 0.15) is 17.7 Å². The number of halogens is 2. The Labute approximate surface area is 71.6 Å². The summed E-state index contributed by atoms with van der Waals surface area (Å²) in [6.45, 7) is 0. The van der Waals surface area contributed by atoms with E-state index in [9.17, 15) is 13.6 Å². The summed E-state index contributed by atoms with van der Waals surface area (Å²) in [5, 5.41) is 8.39. The summed E-state index contributed by atoms with van der Waals surface area (Å²) in [6, 6.07) is 2.26. The van der Waals surface area contributed by atoms with Gasteiger partial charge in [-0.2, -0.15) is 5.26 Å². The Morgan fingerprint density at radius 1 is 1.62 bits per heavy atom. The third-order valence-corrected chi connectivity index (χ3v) is 1.45. The number of rotatable bonds is 1. The number of anilines is 1. The van der Waals surface area contributed by atoms with E-state index >= 15 is 0 Å². The minimum Gasteiger partial charge on any atom is -0.394 e. The van der Waals surface area contributed by atoms with Gasteiger partial charge in [-0.25, -0.2) is 8.78 Å². The van der Waals surface area contributed by atoms with Crippen LogP contribution in [0, 0.1) is 11.3 Å². The number of nitrogen functional groups attached to an aromatic ring is 1. The molecule has 1 heterocycles. The first kappa shape index (κ1) is 9.19. The molecular weight excluding hydrogens is 180 g/mol. The van der Waals surface area contributed by atoms with Gasteiger partial charge >= 0.3 is 0 Å². The minimum atomic E-state index is -2.83. The van der Waals surface area contributed by atoms with Crippen molar-refractivity contribution in [2.75, 3.05) is 5.73 Å². The fourth-order valence-electron chi connectivity index (χ4n) is 0.828. The number of pyridine rings is 1. The number of nitrogens with two attached hydrogens (primary N) is 1. The van der Waals surface area contributed by atoms with Gasteiger partial charge in [0.15, 0.2) is 0 Å². The van der Waals surface area contributed by atoms with Gasteiger partial charge in [-0.05, 0) is 6.07 Å². The van der Waals surface area contributed by atoms with E-state index in [0.717, 1.165) is 6.07 Å². The largest absolute Gasteiger partial charge is 0.394 e. The summed E-state index contributed by atoms with van der Waals surface area (Å²) in [5.74, 6) is 0. The molecule has 6 heteroatoms. The number of nitriles is 1. The first-order valence-electron chi connectivity index (χ1n) is 3.27. The maximum atomic E-state index is 12.2. The molecule has 1 aromatic rings. The molecule has 0 spiro atoms. The summed E-state index contributed by atoms with van der Waals surface area (Å²) in [4.78, 5) is 12.8. The van der Waals surface area contributed by atoms with E-state index in [2.05, 4.69) is 0 Å². The number of hydrogen-bond acceptors (Lipinski definition) is 3. The van der Waals surface area contributed by atoms with Crippen molar-refractivity contribution in [2.45, 2.75) is 6.43 Å². The molecule has 0 aliphatic rings. The van der Waals surface area contributed by atoms with Crippen molar-refractivity contribution in [2.24, 2.45) is 0 Å². The van der Waals surface area contributed by atoms with Crippen LogP contribution in [0.4, 0.5) is 14.5 Å². The van der Waals surface area contributed by atoms with Gasteiger partial charge in [-0.3, -0.25) is 4.79 Å². The molecule has 3 N–H and O–H groups in total. The van der Waals surface area contributed by atoms with Crippen molar-refractivity contribution in [3.05, 3.63) is 27.7 Å². The van der Waals surface area contributed by atoms with Gasteiger partial charge < -0.3 is 10.7 Å². The van der Waals surface area contributed by atoms with Gasteiger partial charge in [0.2, 0.25) is 0 Å². The third kappa shape index (κ3) is 1.64. The van der Waals surface area contributed by atoms with Gasteiger partial charge in [-0.1, -0.05) is 0 Å². The van der Waals surface area contributed by atoms with E-state index in [1.54, 1.807) is 0 Å². The molecule has 1 aromatic heterocycles. The number of nitrogens with one attached hydrogen (secondary N) is 1. The topological polar surface area (TPSA) is 82.7 Å². The Hall–Kier alpha value is -1.90. The van der Waals surface area contributed by atoms with Crippen LogP contribution in [-0.2, 0) is 0 Å². The maximum Gasteiger partial charge on any atom is 0.272 e. The number of aromatic amines is 1. The molecule has 13 heavy (non-hydrogen) atoms. The smallest absolute Gasteiger partial charge is 0.272 e. The lowest BCUT2D eigenvalue weighted by Gasteiger charge is -2.02. The minimum absolute atomic E-state index is 0.325. The standard InChI is InChI=1S/C7H5F2N3O/c8-6(9)3-1-4(11)7(13)12-5(3)2-10/h1,6H,11H2,(H,12,13). The second-order valence-corrected chi connectivity index (χ2v) is 2.30. The fraction of sp³-hybridized carbons (Fsp3) is 0.143. The number of H-pyrrole nitrogens is 1. The molecule has 0 atom stereocenters. The predicted molar refractivity (Wildman–Crippen MR) is 41.1 cm³/mol. The molecule has 0 saturated carbocycles. The summed E-state index contributed by atoms with van der Waals surface area (Å²) in [6.07, 6.45) is -2.83. The zero-order valence-corrected chi connectivity index (χ0v) is 6.34. The van der Waals surface area contributed by atoms with Gasteiger partial charge in [0.1, 0.15) is 11.8 Å². The molecule has 1 rings (SSSR count). The predicted octanol–water partition coefficient (Wildman–Crippen LogP) is 0.766. The number of hydrogen-bond donors (Lipinski definition) is 2. The molecule has 0 unspecified atom stereocenters. The maximum absolute atomic E-state index is 12.2. The van der Waals surface area contributed by atoms with Crippen LogP contribution in [0.15, 0.2) is 10.9 Å². The molecular formula is C7H5F2N3O. The van der Waals surface area contributed by atoms with Gasteiger partial charge in [-0.15, -0.1) is 0 Å². The average Bonchev–Trinajstić information content (AvgIpc) is 2.08. The van der Waals surface area contributed by atoms with Crippen LogP contribution in [0.2, 0.25) is 0 Å². The van der Waals surface area contributed by atoms with Gasteiger partial charge in [0.05, 0.1) is 11.3 Å². The van der Waals surface area contributed by atoms with E-state index in [0.29, 0.717) is 0 Å². The molecule has 0 fully saturated rings. The number of alkyl halides is 2. The molecule has 0 bridgehead atoms. The van der Waals surface area contributed by atoms with E-state index in [-0.39, 0.29) is 5.69 Å². The number of aromatic nitrogens is 1. The molecule has 0 saturated heterocycles. The van der Waals surface area contributed by atoms with Crippen LogP contribution >= 0.6 is 0 Å². The first-order chi connectivity index (χ1) is 6.06. The Morgan fingerprint density at radius 3 is 2.69 bits per heavy atom. The summed E-state index contributed by atoms with van der Waals surface area (Å²) >= 11 is 0. The molecule has 0 radical (unpaired) electrons. The van der Waals surface area contributed by atoms with Crippen molar-refractivity contribution in [1.82, 2.24) is 4.98 Å². The van der Waals surface area contributed by atoms with Crippen molar-refractivity contribution in [3.8, 4) is 6.07 Å². The molecule has 0 aliphatic heterocycles. The van der Waals surface area contributed by atoms with Crippen LogP contribution < -0.4 is 11.3 Å². The second kappa shape index (κ2) is 3.23. The van der Waals surface area contributed by atoms with E-state index in [1.807, 2.05) is 4.98 Å². The highest BCUT2D eigenvalue weighted by molar-refractivity contribution is 5.44. The highest BCUT2D eigenvalue weighted by Crippen LogP contribution is 2.21. The summed E-state index contributed by atoms with van der Waals surface area (Å²) < 4.78 is 24.4. The normalized spacial score (nSPS) is 10.0. The third-order valence-electron chi connectivity index (χ3n) is 1.45. The average molecular weight is 185 g/mol. The lowest BCUT2D eigenvalue weighted by Crippen LogP contribution is -2.14. The van der Waals surface area contributed by atoms with Crippen molar-refractivity contribution in [1.29, 1.82) is 5.26 Å². The Balaban J connectivity index is 3.44. The summed E-state index contributed by atoms with van der Waals surface area (Å²) in [7, 11) is 0. The first-order valence-corrected chi connectivity index (χ1v) is 3.27. The second-order valence-electron chi connectivity index (χ2n) is 2.30. The zero-order chi connectivity index (χ0) is 10.0. The fourth-order valence-corrected chi connectivity index (χ4v) is 0.828. The lowest BCUT2D eigenvalue weighted by molar-refractivity contribution is 0.150. The van der Waals surface area contributed by atoms with Crippen LogP contribution in [0.3, 0.4) is 0 Å². The Bertz CT molecular complexity index is 419. The van der Waals surface area contributed by atoms with Crippen LogP contribution in [0.25, 0.3) is 0 Å². The van der Waals surface area contributed by atoms with Crippen molar-refractivity contribution < 1.29 is 8.78 Å². The van der Waals surface area contributed by atoms with E-state index < -0.39 is 23.2 Å². The van der Waals surface area contributed by atoms with Crippen LogP contribution in [0.5, 0.6) is 0 Å². The molecule has 4 nitrogen and oxygen atoms in total. The van der Waals surface area contributed by atoms with Gasteiger partial charge in [0, 0.05) is 0 Å². The lowest BCUT2D eigenvalue weighted by atomic mass is 10.2. The quantitative estimate of drug-likeness (QED) is 0.677. The van der Waals surface area contributed by atoms with Crippen molar-refractivity contribution in [3.63, 3.8) is 0 Å². The monoisotopic (exact) mass is 185 g/mol. The van der Waals surface area contributed by atoms with Crippen LogP contribution in [-0.4, -0.2) is 4.98 Å².